The minimum absolute atomic E-state index is 0.205. The van der Waals surface area contributed by atoms with E-state index in [0.717, 1.165) is 21.6 Å². The lowest BCUT2D eigenvalue weighted by atomic mass is 9.96. The van der Waals surface area contributed by atoms with Crippen LogP contribution in [0.1, 0.15) is 33.2 Å². The quantitative estimate of drug-likeness (QED) is 0.659. The molecule has 0 saturated heterocycles. The Balaban J connectivity index is 2.56. The Morgan fingerprint density at radius 2 is 1.94 bits per heavy atom. The van der Waals surface area contributed by atoms with Crippen molar-refractivity contribution in [3.63, 3.8) is 0 Å². The molecule has 0 saturated carbocycles. The molecule has 2 rings (SSSR count). The van der Waals surface area contributed by atoms with Crippen molar-refractivity contribution in [2.24, 2.45) is 5.84 Å². The molecule has 18 heavy (non-hydrogen) atoms. The molecule has 2 aromatic rings. The van der Waals surface area contributed by atoms with Gasteiger partial charge in [0.2, 0.25) is 0 Å². The molecule has 1 unspecified atom stereocenters. The highest BCUT2D eigenvalue weighted by atomic mass is 32.1. The van der Waals surface area contributed by atoms with Crippen LogP contribution in [0.15, 0.2) is 23.6 Å². The highest BCUT2D eigenvalue weighted by molar-refractivity contribution is 7.10. The number of aryl methyl sites for hydroxylation is 3. The van der Waals surface area contributed by atoms with Gasteiger partial charge in [0.1, 0.15) is 5.82 Å². The summed E-state index contributed by atoms with van der Waals surface area (Å²) in [5.41, 5.74) is 6.34. The average Bonchev–Trinajstić information content (AvgIpc) is 2.69. The van der Waals surface area contributed by atoms with Crippen molar-refractivity contribution in [2.75, 3.05) is 0 Å². The first-order chi connectivity index (χ1) is 8.54. The zero-order chi connectivity index (χ0) is 13.3. The van der Waals surface area contributed by atoms with Crippen LogP contribution in [-0.4, -0.2) is 0 Å². The second-order valence-electron chi connectivity index (χ2n) is 4.54. The first kappa shape index (κ1) is 13.2. The van der Waals surface area contributed by atoms with Gasteiger partial charge in [-0.15, -0.1) is 11.3 Å². The van der Waals surface area contributed by atoms with Crippen molar-refractivity contribution < 1.29 is 4.39 Å². The van der Waals surface area contributed by atoms with E-state index in [4.69, 9.17) is 5.84 Å². The van der Waals surface area contributed by atoms with Crippen LogP contribution >= 0.6 is 11.3 Å². The van der Waals surface area contributed by atoms with Crippen LogP contribution in [0.2, 0.25) is 0 Å². The molecule has 0 spiro atoms. The lowest BCUT2D eigenvalue weighted by Gasteiger charge is -2.19. The molecule has 1 aromatic heterocycles. The molecule has 0 radical (unpaired) electrons. The maximum absolute atomic E-state index is 14.2. The van der Waals surface area contributed by atoms with Crippen LogP contribution in [0.4, 0.5) is 4.39 Å². The monoisotopic (exact) mass is 264 g/mol. The van der Waals surface area contributed by atoms with Gasteiger partial charge in [0.05, 0.1) is 6.04 Å². The van der Waals surface area contributed by atoms with Gasteiger partial charge in [0.25, 0.3) is 0 Å². The third-order valence-electron chi connectivity index (χ3n) is 3.10. The summed E-state index contributed by atoms with van der Waals surface area (Å²) in [5, 5.41) is 2.00. The Bertz CT molecular complexity index is 540. The van der Waals surface area contributed by atoms with Gasteiger partial charge in [0.15, 0.2) is 0 Å². The van der Waals surface area contributed by atoms with E-state index in [-0.39, 0.29) is 11.9 Å². The molecule has 0 aliphatic carbocycles. The molecule has 0 aliphatic heterocycles. The molecule has 4 heteroatoms. The fourth-order valence-corrected chi connectivity index (χ4v) is 3.26. The summed E-state index contributed by atoms with van der Waals surface area (Å²) in [7, 11) is 0. The molecule has 2 nitrogen and oxygen atoms in total. The molecule has 0 aliphatic rings. The van der Waals surface area contributed by atoms with E-state index in [9.17, 15) is 4.39 Å². The smallest absolute Gasteiger partial charge is 0.128 e. The fourth-order valence-electron chi connectivity index (χ4n) is 2.26. The van der Waals surface area contributed by atoms with Crippen LogP contribution in [0.5, 0.6) is 0 Å². The number of thiophene rings is 1. The second-order valence-corrected chi connectivity index (χ2v) is 5.49. The molecule has 0 bridgehead atoms. The average molecular weight is 264 g/mol. The van der Waals surface area contributed by atoms with Gasteiger partial charge in [0, 0.05) is 10.4 Å². The third-order valence-corrected chi connectivity index (χ3v) is 4.18. The second kappa shape index (κ2) is 5.18. The summed E-state index contributed by atoms with van der Waals surface area (Å²) in [6.07, 6.45) is 0. The van der Waals surface area contributed by atoms with Gasteiger partial charge in [-0.05, 0) is 55.0 Å². The number of hydrazine groups is 1. The van der Waals surface area contributed by atoms with Crippen molar-refractivity contribution in [3.8, 4) is 0 Å². The molecule has 0 amide bonds. The number of nitrogens with one attached hydrogen (secondary N) is 1. The summed E-state index contributed by atoms with van der Waals surface area (Å²) < 4.78 is 14.2. The van der Waals surface area contributed by atoms with E-state index in [2.05, 4.69) is 5.43 Å². The lowest BCUT2D eigenvalue weighted by molar-refractivity contribution is 0.559. The summed E-state index contributed by atoms with van der Waals surface area (Å²) >= 11 is 1.59. The highest BCUT2D eigenvalue weighted by Gasteiger charge is 2.21. The molecule has 1 heterocycles. The maximum Gasteiger partial charge on any atom is 0.128 e. The number of benzene rings is 1. The first-order valence-corrected chi connectivity index (χ1v) is 6.69. The Morgan fingerprint density at radius 3 is 2.44 bits per heavy atom. The zero-order valence-electron chi connectivity index (χ0n) is 10.8. The van der Waals surface area contributed by atoms with Gasteiger partial charge in [-0.2, -0.15) is 0 Å². The van der Waals surface area contributed by atoms with Crippen LogP contribution in [0, 0.1) is 26.6 Å². The SMILES string of the molecule is Cc1cc(C)c(C(NN)c2sccc2C)c(F)c1. The first-order valence-electron chi connectivity index (χ1n) is 5.81. The van der Waals surface area contributed by atoms with Gasteiger partial charge in [-0.25, -0.2) is 9.82 Å². The largest absolute Gasteiger partial charge is 0.271 e. The predicted octanol–water partition coefficient (Wildman–Crippen LogP) is 3.37. The minimum Gasteiger partial charge on any atom is -0.271 e. The Morgan fingerprint density at radius 1 is 1.22 bits per heavy atom. The van der Waals surface area contributed by atoms with E-state index in [1.807, 2.05) is 38.3 Å². The number of nitrogens with two attached hydrogens (primary N) is 1. The highest BCUT2D eigenvalue weighted by Crippen LogP contribution is 2.32. The van der Waals surface area contributed by atoms with Crippen molar-refractivity contribution in [2.45, 2.75) is 26.8 Å². The molecule has 0 fully saturated rings. The molecule has 3 N–H and O–H groups in total. The van der Waals surface area contributed by atoms with Gasteiger partial charge in [-0.3, -0.25) is 5.84 Å². The number of halogens is 1. The molecular weight excluding hydrogens is 247 g/mol. The van der Waals surface area contributed by atoms with Crippen molar-refractivity contribution in [1.29, 1.82) is 0 Å². The molecule has 1 aromatic carbocycles. The molecule has 1 atom stereocenters. The van der Waals surface area contributed by atoms with Crippen molar-refractivity contribution in [3.05, 3.63) is 56.5 Å². The van der Waals surface area contributed by atoms with Gasteiger partial charge >= 0.3 is 0 Å². The number of rotatable bonds is 3. The van der Waals surface area contributed by atoms with Crippen LogP contribution in [0.25, 0.3) is 0 Å². The zero-order valence-corrected chi connectivity index (χ0v) is 11.6. The Hall–Kier alpha value is -1.23. The molecule has 96 valence electrons. The summed E-state index contributed by atoms with van der Waals surface area (Å²) in [5.74, 6) is 5.43. The predicted molar refractivity (Wildman–Crippen MR) is 74.1 cm³/mol. The standard InChI is InChI=1S/C14H17FN2S/c1-8-6-10(3)12(11(15)7-8)13(17-16)14-9(2)4-5-18-14/h4-7,13,17H,16H2,1-3H3. The number of hydrogen-bond donors (Lipinski definition) is 2. The van der Waals surface area contributed by atoms with E-state index in [1.54, 1.807) is 17.4 Å². The van der Waals surface area contributed by atoms with E-state index in [0.29, 0.717) is 5.56 Å². The van der Waals surface area contributed by atoms with Crippen LogP contribution in [0.3, 0.4) is 0 Å². The normalized spacial score (nSPS) is 12.7. The topological polar surface area (TPSA) is 38.0 Å². The fraction of sp³-hybridized carbons (Fsp3) is 0.286. The Labute approximate surface area is 111 Å². The van der Waals surface area contributed by atoms with E-state index >= 15 is 0 Å². The number of hydrogen-bond acceptors (Lipinski definition) is 3. The summed E-state index contributed by atoms with van der Waals surface area (Å²) in [6.45, 7) is 5.82. The van der Waals surface area contributed by atoms with Gasteiger partial charge in [-0.1, -0.05) is 6.07 Å². The van der Waals surface area contributed by atoms with Crippen molar-refractivity contribution in [1.82, 2.24) is 5.43 Å². The lowest BCUT2D eigenvalue weighted by Crippen LogP contribution is -2.30. The van der Waals surface area contributed by atoms with Crippen LogP contribution < -0.4 is 11.3 Å². The summed E-state index contributed by atoms with van der Waals surface area (Å²) in [6, 6.07) is 5.26. The van der Waals surface area contributed by atoms with Crippen LogP contribution in [-0.2, 0) is 0 Å². The minimum atomic E-state index is -0.286. The summed E-state index contributed by atoms with van der Waals surface area (Å²) in [4.78, 5) is 1.06. The molecular formula is C14H17FN2S. The van der Waals surface area contributed by atoms with Gasteiger partial charge < -0.3 is 0 Å². The Kier molecular flexibility index (Phi) is 3.80. The van der Waals surface area contributed by atoms with Crippen molar-refractivity contribution >= 4 is 11.3 Å². The third kappa shape index (κ3) is 2.32. The van der Waals surface area contributed by atoms with E-state index in [1.165, 1.54) is 0 Å². The van der Waals surface area contributed by atoms with E-state index < -0.39 is 0 Å². The maximum atomic E-state index is 14.2.